The minimum atomic E-state index is -1.18. The lowest BCUT2D eigenvalue weighted by molar-refractivity contribution is -0.141. The number of hydrogen-bond acceptors (Lipinski definition) is 5. The molecule has 0 aromatic heterocycles. The number of aliphatic carboxylic acids is 1. The molecule has 7 heteroatoms. The van der Waals surface area contributed by atoms with Crippen molar-refractivity contribution in [1.82, 2.24) is 5.32 Å². The fourth-order valence-corrected chi connectivity index (χ4v) is 1.17. The van der Waals surface area contributed by atoms with Gasteiger partial charge in [-0.15, -0.1) is 4.91 Å². The molecule has 0 rings (SSSR count). The molecule has 0 radical (unpaired) electrons. The van der Waals surface area contributed by atoms with Gasteiger partial charge in [-0.05, 0) is 6.92 Å². The minimum absolute atomic E-state index is 0.453. The first-order chi connectivity index (χ1) is 5.99. The van der Waals surface area contributed by atoms with Crippen molar-refractivity contribution in [2.45, 2.75) is 25.1 Å². The fourth-order valence-electron chi connectivity index (χ4n) is 0.728. The van der Waals surface area contributed by atoms with E-state index in [4.69, 9.17) is 5.11 Å². The van der Waals surface area contributed by atoms with Crippen molar-refractivity contribution >= 4 is 23.8 Å². The summed E-state index contributed by atoms with van der Waals surface area (Å²) in [5, 5.41) is 10.3. The summed E-state index contributed by atoms with van der Waals surface area (Å²) in [4.78, 5) is 31.0. The Hall–Kier alpha value is -1.11. The summed E-state index contributed by atoms with van der Waals surface area (Å²) >= 11 is 0.584. The minimum Gasteiger partial charge on any atom is -0.480 e. The van der Waals surface area contributed by atoms with Crippen LogP contribution < -0.4 is 5.32 Å². The van der Waals surface area contributed by atoms with Crippen LogP contribution in [0.4, 0.5) is 0 Å². The molecule has 0 aromatic carbocycles. The lowest BCUT2D eigenvalue weighted by Crippen LogP contribution is -2.45. The molecular weight excluding hydrogens is 196 g/mol. The number of nitrogens with zero attached hydrogens (tertiary/aromatic N) is 1. The van der Waals surface area contributed by atoms with Crippen molar-refractivity contribution in [1.29, 1.82) is 0 Å². The fraction of sp³-hybridized carbons (Fsp3) is 0.667. The molecule has 6 nitrogen and oxygen atoms in total. The van der Waals surface area contributed by atoms with Crippen LogP contribution in [-0.2, 0) is 9.59 Å². The molecule has 0 saturated carbocycles. The summed E-state index contributed by atoms with van der Waals surface area (Å²) in [5.41, 5.74) is 0. The van der Waals surface area contributed by atoms with Crippen molar-refractivity contribution < 1.29 is 14.7 Å². The Morgan fingerprint density at radius 3 is 2.38 bits per heavy atom. The van der Waals surface area contributed by atoms with E-state index in [9.17, 15) is 14.5 Å². The maximum absolute atomic E-state index is 10.6. The molecule has 2 atom stereocenters. The zero-order chi connectivity index (χ0) is 10.4. The van der Waals surface area contributed by atoms with E-state index in [1.807, 2.05) is 0 Å². The van der Waals surface area contributed by atoms with Gasteiger partial charge in [0.15, 0.2) is 0 Å². The van der Waals surface area contributed by atoms with Gasteiger partial charge in [-0.2, -0.15) is 0 Å². The van der Waals surface area contributed by atoms with Crippen LogP contribution in [0.5, 0.6) is 0 Å². The molecular formula is C6H10N2O4S. The molecule has 0 bridgehead atoms. The summed E-state index contributed by atoms with van der Waals surface area (Å²) in [6, 6.07) is -1.08. The Bertz CT molecular complexity index is 221. The van der Waals surface area contributed by atoms with E-state index in [0.29, 0.717) is 11.9 Å². The molecule has 74 valence electrons. The maximum Gasteiger partial charge on any atom is 0.327 e. The molecule has 0 aliphatic rings. The summed E-state index contributed by atoms with van der Waals surface area (Å²) in [5.74, 6) is -1.63. The van der Waals surface area contributed by atoms with E-state index in [0.717, 1.165) is 0 Å². The lowest BCUT2D eigenvalue weighted by Gasteiger charge is -2.16. The highest BCUT2D eigenvalue weighted by atomic mass is 32.2. The van der Waals surface area contributed by atoms with Gasteiger partial charge in [0.25, 0.3) is 0 Å². The van der Waals surface area contributed by atoms with E-state index in [1.165, 1.54) is 13.8 Å². The first-order valence-electron chi connectivity index (χ1n) is 3.47. The van der Waals surface area contributed by atoms with Crippen LogP contribution in [0.25, 0.3) is 0 Å². The van der Waals surface area contributed by atoms with Crippen LogP contribution in [0.2, 0.25) is 0 Å². The molecule has 0 saturated heterocycles. The van der Waals surface area contributed by atoms with E-state index in [2.05, 4.69) is 9.90 Å². The number of carboxylic acid groups (broad SMARTS) is 1. The molecule has 0 aromatic rings. The van der Waals surface area contributed by atoms with E-state index in [1.54, 1.807) is 0 Å². The van der Waals surface area contributed by atoms with Gasteiger partial charge in [0.2, 0.25) is 5.91 Å². The van der Waals surface area contributed by atoms with Gasteiger partial charge in [0, 0.05) is 23.5 Å². The van der Waals surface area contributed by atoms with Crippen LogP contribution in [0.3, 0.4) is 0 Å². The number of carboxylic acids is 1. The van der Waals surface area contributed by atoms with Gasteiger partial charge in [-0.25, -0.2) is 4.79 Å². The Kier molecular flexibility index (Phi) is 5.05. The highest BCUT2D eigenvalue weighted by molar-refractivity contribution is 7.98. The SMILES string of the molecule is CC(=O)NC(C(=O)O)C(C)SN=O. The molecule has 0 spiro atoms. The van der Waals surface area contributed by atoms with Gasteiger partial charge >= 0.3 is 5.97 Å². The monoisotopic (exact) mass is 206 g/mol. The third-order valence-electron chi connectivity index (χ3n) is 1.30. The third-order valence-corrected chi connectivity index (χ3v) is 1.99. The van der Waals surface area contributed by atoms with Gasteiger partial charge < -0.3 is 10.4 Å². The van der Waals surface area contributed by atoms with Crippen molar-refractivity contribution in [3.05, 3.63) is 4.91 Å². The van der Waals surface area contributed by atoms with Gasteiger partial charge in [-0.3, -0.25) is 4.79 Å². The summed E-state index contributed by atoms with van der Waals surface area (Å²) in [7, 11) is 0. The lowest BCUT2D eigenvalue weighted by atomic mass is 10.2. The van der Waals surface area contributed by atoms with Gasteiger partial charge in [0.05, 0.1) is 5.25 Å². The van der Waals surface area contributed by atoms with E-state index in [-0.39, 0.29) is 0 Å². The average Bonchev–Trinajstić information content (AvgIpc) is 1.99. The van der Waals surface area contributed by atoms with Gasteiger partial charge in [0.1, 0.15) is 6.04 Å². The van der Waals surface area contributed by atoms with Crippen LogP contribution >= 0.6 is 11.9 Å². The first-order valence-corrected chi connectivity index (χ1v) is 4.31. The second kappa shape index (κ2) is 5.52. The van der Waals surface area contributed by atoms with Crippen molar-refractivity contribution in [2.75, 3.05) is 0 Å². The topological polar surface area (TPSA) is 95.8 Å². The Balaban J connectivity index is 4.31. The zero-order valence-corrected chi connectivity index (χ0v) is 8.00. The quantitative estimate of drug-likeness (QED) is 0.500. The second-order valence-corrected chi connectivity index (χ2v) is 3.50. The number of amides is 1. The Morgan fingerprint density at radius 1 is 1.54 bits per heavy atom. The number of carbonyl (C=O) groups excluding carboxylic acids is 1. The highest BCUT2D eigenvalue weighted by Gasteiger charge is 2.26. The van der Waals surface area contributed by atoms with Crippen LogP contribution in [-0.4, -0.2) is 28.3 Å². The molecule has 2 N–H and O–H groups in total. The van der Waals surface area contributed by atoms with Gasteiger partial charge in [-0.1, -0.05) is 0 Å². The molecule has 0 aliphatic carbocycles. The van der Waals surface area contributed by atoms with Crippen molar-refractivity contribution in [3.8, 4) is 0 Å². The number of hydrogen-bond donors (Lipinski definition) is 2. The number of nitrogens with one attached hydrogen (secondary N) is 1. The Morgan fingerprint density at radius 2 is 2.08 bits per heavy atom. The molecule has 0 heterocycles. The normalized spacial score (nSPS) is 14.3. The largest absolute Gasteiger partial charge is 0.480 e. The van der Waals surface area contributed by atoms with Crippen molar-refractivity contribution in [2.24, 2.45) is 4.58 Å². The molecule has 2 unspecified atom stereocenters. The van der Waals surface area contributed by atoms with Crippen LogP contribution in [0, 0.1) is 4.91 Å². The maximum atomic E-state index is 10.6. The summed E-state index contributed by atoms with van der Waals surface area (Å²) in [6.07, 6.45) is 0. The smallest absolute Gasteiger partial charge is 0.327 e. The summed E-state index contributed by atoms with van der Waals surface area (Å²) in [6.45, 7) is 2.71. The predicted octanol–water partition coefficient (Wildman–Crippen LogP) is 0.379. The standard InChI is InChI=1S/C6H10N2O4S/c1-3(13-8-12)5(6(10)11)7-4(2)9/h3,5H,1-2H3,(H,7,9)(H,10,11). The molecule has 0 aliphatic heterocycles. The number of carbonyl (C=O) groups is 2. The average molecular weight is 206 g/mol. The van der Waals surface area contributed by atoms with Crippen LogP contribution in [0.15, 0.2) is 4.58 Å². The molecule has 13 heavy (non-hydrogen) atoms. The second-order valence-electron chi connectivity index (χ2n) is 2.40. The molecule has 0 fully saturated rings. The number of nitroso groups, excluding NO2 is 1. The first kappa shape index (κ1) is 11.9. The van der Waals surface area contributed by atoms with Crippen LogP contribution in [0.1, 0.15) is 13.8 Å². The van der Waals surface area contributed by atoms with E-state index < -0.39 is 23.2 Å². The third kappa shape index (κ3) is 4.46. The van der Waals surface area contributed by atoms with E-state index >= 15 is 0 Å². The number of rotatable bonds is 5. The zero-order valence-electron chi connectivity index (χ0n) is 7.18. The summed E-state index contributed by atoms with van der Waals surface area (Å²) < 4.78 is 2.50. The molecule has 1 amide bonds. The predicted molar refractivity (Wildman–Crippen MR) is 48.1 cm³/mol. The van der Waals surface area contributed by atoms with Crippen molar-refractivity contribution in [3.63, 3.8) is 0 Å². The highest BCUT2D eigenvalue weighted by Crippen LogP contribution is 2.14. The Labute approximate surface area is 79.2 Å².